The first-order valence-electron chi connectivity index (χ1n) is 9.23. The minimum Gasteiger partial charge on any atom is -0.479 e. The van der Waals surface area contributed by atoms with Crippen molar-refractivity contribution in [2.45, 2.75) is 20.0 Å². The largest absolute Gasteiger partial charge is 0.479 e. The van der Waals surface area contributed by atoms with Crippen molar-refractivity contribution in [3.8, 4) is 5.75 Å². The molecule has 0 heterocycles. The summed E-state index contributed by atoms with van der Waals surface area (Å²) in [5.74, 6) is -0.155. The van der Waals surface area contributed by atoms with Gasteiger partial charge in [0, 0.05) is 22.0 Å². The maximum atomic E-state index is 12.5. The maximum absolute atomic E-state index is 12.5. The van der Waals surface area contributed by atoms with E-state index < -0.39 is 6.10 Å². The highest BCUT2D eigenvalue weighted by atomic mass is 35.5. The first kappa shape index (κ1) is 21.7. The number of aryl methyl sites for hydroxylation is 1. The van der Waals surface area contributed by atoms with Crippen molar-refractivity contribution >= 4 is 46.4 Å². The Hall–Kier alpha value is -3.02. The van der Waals surface area contributed by atoms with Crippen LogP contribution in [-0.2, 0) is 4.79 Å². The number of carbonyl (C=O) groups excluding carboxylic acids is 2. The van der Waals surface area contributed by atoms with E-state index in [1.807, 2.05) is 13.0 Å². The number of anilines is 2. The first-order chi connectivity index (χ1) is 14.3. The number of benzene rings is 3. The van der Waals surface area contributed by atoms with Gasteiger partial charge in [0.1, 0.15) is 5.75 Å². The second-order valence-corrected chi connectivity index (χ2v) is 7.52. The molecule has 0 aliphatic carbocycles. The number of rotatable bonds is 6. The summed E-state index contributed by atoms with van der Waals surface area (Å²) in [5.41, 5.74) is 2.64. The Labute approximate surface area is 185 Å². The summed E-state index contributed by atoms with van der Waals surface area (Å²) in [6, 6.07) is 19.0. The normalized spacial score (nSPS) is 11.5. The van der Waals surface area contributed by atoms with E-state index >= 15 is 0 Å². The van der Waals surface area contributed by atoms with Gasteiger partial charge in [-0.15, -0.1) is 0 Å². The number of ether oxygens (including phenoxy) is 1. The Balaban J connectivity index is 1.63. The maximum Gasteiger partial charge on any atom is 0.265 e. The van der Waals surface area contributed by atoms with Crippen LogP contribution in [0.1, 0.15) is 22.8 Å². The van der Waals surface area contributed by atoms with E-state index in [4.69, 9.17) is 27.9 Å². The van der Waals surface area contributed by atoms with Crippen LogP contribution in [0, 0.1) is 6.92 Å². The molecular formula is C23H20Cl2N2O3. The van der Waals surface area contributed by atoms with Crippen molar-refractivity contribution in [1.29, 1.82) is 0 Å². The van der Waals surface area contributed by atoms with Gasteiger partial charge < -0.3 is 15.4 Å². The van der Waals surface area contributed by atoms with Gasteiger partial charge in [0.2, 0.25) is 0 Å². The molecule has 3 aromatic rings. The van der Waals surface area contributed by atoms with Gasteiger partial charge in [-0.1, -0.05) is 41.4 Å². The third-order valence-electron chi connectivity index (χ3n) is 4.35. The number of halogens is 2. The molecule has 1 atom stereocenters. The Morgan fingerprint density at radius 1 is 0.933 bits per heavy atom. The summed E-state index contributed by atoms with van der Waals surface area (Å²) in [6.45, 7) is 3.48. The van der Waals surface area contributed by atoms with Crippen LogP contribution in [0.2, 0.25) is 10.0 Å². The molecule has 0 bridgehead atoms. The fraction of sp³-hybridized carbons (Fsp3) is 0.130. The standard InChI is InChI=1S/C23H20Cl2N2O3/c1-14-12-18(9-10-20(14)27-23(29)16-6-4-3-5-7-16)26-22(28)15(2)30-21-11-8-17(24)13-19(21)25/h3-13,15H,1-2H3,(H,26,28)(H,27,29)/t15-/m0/s1. The predicted molar refractivity (Wildman–Crippen MR) is 121 cm³/mol. The van der Waals surface area contributed by atoms with Crippen molar-refractivity contribution in [2.75, 3.05) is 10.6 Å². The lowest BCUT2D eigenvalue weighted by Gasteiger charge is -2.16. The third-order valence-corrected chi connectivity index (χ3v) is 4.88. The molecule has 2 N–H and O–H groups in total. The van der Waals surface area contributed by atoms with Crippen LogP contribution >= 0.6 is 23.2 Å². The van der Waals surface area contributed by atoms with Gasteiger partial charge in [-0.05, 0) is 67.9 Å². The molecule has 5 nitrogen and oxygen atoms in total. The van der Waals surface area contributed by atoms with Crippen LogP contribution < -0.4 is 15.4 Å². The Kier molecular flexibility index (Phi) is 6.98. The van der Waals surface area contributed by atoms with Gasteiger partial charge in [0.15, 0.2) is 6.10 Å². The molecule has 0 aliphatic heterocycles. The average molecular weight is 443 g/mol. The van der Waals surface area contributed by atoms with E-state index in [0.29, 0.717) is 32.7 Å². The summed E-state index contributed by atoms with van der Waals surface area (Å²) < 4.78 is 5.63. The average Bonchev–Trinajstić information content (AvgIpc) is 2.72. The van der Waals surface area contributed by atoms with Gasteiger partial charge in [0.25, 0.3) is 11.8 Å². The predicted octanol–water partition coefficient (Wildman–Crippen LogP) is 5.96. The fourth-order valence-corrected chi connectivity index (χ4v) is 3.18. The van der Waals surface area contributed by atoms with E-state index in [-0.39, 0.29) is 11.8 Å². The Morgan fingerprint density at radius 3 is 2.33 bits per heavy atom. The van der Waals surface area contributed by atoms with Crippen molar-refractivity contribution in [2.24, 2.45) is 0 Å². The molecule has 3 aromatic carbocycles. The van der Waals surface area contributed by atoms with Crippen LogP contribution in [0.4, 0.5) is 11.4 Å². The van der Waals surface area contributed by atoms with E-state index in [1.54, 1.807) is 67.6 Å². The molecule has 0 aromatic heterocycles. The first-order valence-corrected chi connectivity index (χ1v) is 9.98. The molecule has 0 unspecified atom stereocenters. The molecular weight excluding hydrogens is 423 g/mol. The van der Waals surface area contributed by atoms with Crippen molar-refractivity contribution in [3.63, 3.8) is 0 Å². The second-order valence-electron chi connectivity index (χ2n) is 6.67. The number of nitrogens with one attached hydrogen (secondary N) is 2. The second kappa shape index (κ2) is 9.65. The van der Waals surface area contributed by atoms with E-state index in [1.165, 1.54) is 0 Å². The fourth-order valence-electron chi connectivity index (χ4n) is 2.72. The summed E-state index contributed by atoms with van der Waals surface area (Å²) in [5, 5.41) is 6.49. The molecule has 0 radical (unpaired) electrons. The number of hydrogen-bond acceptors (Lipinski definition) is 3. The molecule has 3 rings (SSSR count). The van der Waals surface area contributed by atoms with Gasteiger partial charge >= 0.3 is 0 Å². The number of hydrogen-bond donors (Lipinski definition) is 2. The third kappa shape index (κ3) is 5.53. The molecule has 0 aliphatic rings. The zero-order valence-electron chi connectivity index (χ0n) is 16.4. The van der Waals surface area contributed by atoms with Gasteiger partial charge in [-0.25, -0.2) is 0 Å². The SMILES string of the molecule is Cc1cc(NC(=O)[C@H](C)Oc2ccc(Cl)cc2Cl)ccc1NC(=O)c1ccccc1. The highest BCUT2D eigenvalue weighted by Crippen LogP contribution is 2.28. The van der Waals surface area contributed by atoms with E-state index in [2.05, 4.69) is 10.6 Å². The molecule has 7 heteroatoms. The topological polar surface area (TPSA) is 67.4 Å². The monoisotopic (exact) mass is 442 g/mol. The molecule has 2 amide bonds. The van der Waals surface area contributed by atoms with Crippen LogP contribution in [-0.4, -0.2) is 17.9 Å². The number of amides is 2. The lowest BCUT2D eigenvalue weighted by Crippen LogP contribution is -2.30. The molecule has 0 saturated heterocycles. The van der Waals surface area contributed by atoms with E-state index in [0.717, 1.165) is 5.56 Å². The van der Waals surface area contributed by atoms with Crippen LogP contribution in [0.3, 0.4) is 0 Å². The Morgan fingerprint density at radius 2 is 1.67 bits per heavy atom. The van der Waals surface area contributed by atoms with E-state index in [9.17, 15) is 9.59 Å². The minimum absolute atomic E-state index is 0.197. The molecule has 0 saturated carbocycles. The van der Waals surface area contributed by atoms with Crippen molar-refractivity contribution in [3.05, 3.63) is 87.9 Å². The minimum atomic E-state index is -0.776. The molecule has 30 heavy (non-hydrogen) atoms. The highest BCUT2D eigenvalue weighted by Gasteiger charge is 2.17. The summed E-state index contributed by atoms with van der Waals surface area (Å²) in [6.07, 6.45) is -0.776. The van der Waals surface area contributed by atoms with Crippen molar-refractivity contribution in [1.82, 2.24) is 0 Å². The smallest absolute Gasteiger partial charge is 0.265 e. The zero-order chi connectivity index (χ0) is 21.7. The molecule has 0 spiro atoms. The summed E-state index contributed by atoms with van der Waals surface area (Å²) >= 11 is 12.0. The van der Waals surface area contributed by atoms with Gasteiger partial charge in [-0.3, -0.25) is 9.59 Å². The van der Waals surface area contributed by atoms with Crippen LogP contribution in [0.15, 0.2) is 66.7 Å². The van der Waals surface area contributed by atoms with Crippen LogP contribution in [0.5, 0.6) is 5.75 Å². The lowest BCUT2D eigenvalue weighted by atomic mass is 10.1. The Bertz CT molecular complexity index is 1070. The van der Waals surface area contributed by atoms with Gasteiger partial charge in [-0.2, -0.15) is 0 Å². The quantitative estimate of drug-likeness (QED) is 0.494. The summed E-state index contributed by atoms with van der Waals surface area (Å²) in [4.78, 5) is 24.8. The van der Waals surface area contributed by atoms with Gasteiger partial charge in [0.05, 0.1) is 5.02 Å². The lowest BCUT2D eigenvalue weighted by molar-refractivity contribution is -0.122. The molecule has 0 fully saturated rings. The van der Waals surface area contributed by atoms with Crippen molar-refractivity contribution < 1.29 is 14.3 Å². The zero-order valence-corrected chi connectivity index (χ0v) is 17.9. The number of carbonyl (C=O) groups is 2. The van der Waals surface area contributed by atoms with Crippen LogP contribution in [0.25, 0.3) is 0 Å². The molecule has 154 valence electrons. The summed E-state index contributed by atoms with van der Waals surface area (Å²) in [7, 11) is 0. The highest BCUT2D eigenvalue weighted by molar-refractivity contribution is 6.35.